The predicted octanol–water partition coefficient (Wildman–Crippen LogP) is 8.09. The number of anilines is 2. The highest BCUT2D eigenvalue weighted by molar-refractivity contribution is 6.31. The second kappa shape index (κ2) is 17.3. The van der Waals surface area contributed by atoms with Crippen LogP contribution in [0.15, 0.2) is 96.1 Å². The Kier molecular flexibility index (Phi) is 11.7. The Bertz CT molecular complexity index is 2630. The third-order valence-corrected chi connectivity index (χ3v) is 12.2. The number of piperidine rings is 1. The fraction of sp³-hybridized carbons (Fsp3) is 0.340. The third-order valence-electron chi connectivity index (χ3n) is 11.9. The van der Waals surface area contributed by atoms with E-state index in [0.29, 0.717) is 45.1 Å². The van der Waals surface area contributed by atoms with Crippen LogP contribution in [0, 0.1) is 11.3 Å². The number of pyridine rings is 1. The van der Waals surface area contributed by atoms with Gasteiger partial charge in [-0.2, -0.15) is 5.26 Å². The largest absolute Gasteiger partial charge is 0.490 e. The number of aryl methyl sites for hydroxylation is 1. The number of hydrogen-bond donors (Lipinski definition) is 3. The predicted molar refractivity (Wildman–Crippen MR) is 237 cm³/mol. The number of carbonyl (C=O) groups is 1. The molecular formula is C47H49ClN8O5. The zero-order valence-corrected chi connectivity index (χ0v) is 35.4. The lowest BCUT2D eigenvalue weighted by Crippen LogP contribution is -2.44. The van der Waals surface area contributed by atoms with Crippen molar-refractivity contribution in [3.8, 4) is 34.4 Å². The van der Waals surface area contributed by atoms with Crippen LogP contribution < -0.4 is 30.1 Å². The van der Waals surface area contributed by atoms with E-state index < -0.39 is 5.60 Å². The Morgan fingerprint density at radius 1 is 0.951 bits per heavy atom. The maximum Gasteiger partial charge on any atom is 0.274 e. The van der Waals surface area contributed by atoms with E-state index in [9.17, 15) is 14.7 Å². The van der Waals surface area contributed by atoms with Crippen LogP contribution in [0.4, 0.5) is 11.5 Å². The minimum Gasteiger partial charge on any atom is -0.490 e. The summed E-state index contributed by atoms with van der Waals surface area (Å²) in [6.45, 7) is 5.10. The van der Waals surface area contributed by atoms with E-state index in [1.165, 1.54) is 0 Å². The molecular weight excluding hydrogens is 792 g/mol. The molecule has 0 atom stereocenters. The van der Waals surface area contributed by atoms with E-state index >= 15 is 0 Å². The molecule has 14 heteroatoms. The molecule has 3 aromatic carbocycles. The third kappa shape index (κ3) is 9.06. The number of hydrogen-bond acceptors (Lipinski definition) is 10. The maximum atomic E-state index is 13.1. The van der Waals surface area contributed by atoms with Crippen molar-refractivity contribution >= 4 is 39.9 Å². The summed E-state index contributed by atoms with van der Waals surface area (Å²) in [6, 6.07) is 26.7. The number of rotatable bonds is 11. The first-order valence-corrected chi connectivity index (χ1v) is 21.0. The Balaban J connectivity index is 0.840. The Hall–Kier alpha value is -6.36. The molecule has 1 aliphatic carbocycles. The quantitative estimate of drug-likeness (QED) is 0.116. The lowest BCUT2D eigenvalue weighted by Gasteiger charge is -2.38. The summed E-state index contributed by atoms with van der Waals surface area (Å²) in [5, 5.41) is 33.0. The fourth-order valence-corrected chi connectivity index (χ4v) is 8.53. The van der Waals surface area contributed by atoms with Crippen molar-refractivity contribution in [2.24, 2.45) is 7.05 Å². The number of halogens is 1. The monoisotopic (exact) mass is 840 g/mol. The average Bonchev–Trinajstić information content (AvgIpc) is 3.76. The number of amides is 1. The van der Waals surface area contributed by atoms with Gasteiger partial charge < -0.3 is 39.2 Å². The van der Waals surface area contributed by atoms with Gasteiger partial charge in [-0.25, -0.2) is 0 Å². The molecule has 3 N–H and O–H groups in total. The van der Waals surface area contributed by atoms with E-state index in [1.54, 1.807) is 55.9 Å². The van der Waals surface area contributed by atoms with Crippen LogP contribution in [0.1, 0.15) is 74.0 Å². The number of fused-ring (bicyclic) bond motifs is 1. The molecule has 0 unspecified atom stereocenters. The average molecular weight is 841 g/mol. The van der Waals surface area contributed by atoms with Gasteiger partial charge in [0.15, 0.2) is 11.5 Å². The van der Waals surface area contributed by atoms with Crippen molar-refractivity contribution in [3.63, 3.8) is 0 Å². The molecule has 314 valence electrons. The molecule has 3 aromatic heterocycles. The Morgan fingerprint density at radius 3 is 2.36 bits per heavy atom. The molecule has 0 spiro atoms. The summed E-state index contributed by atoms with van der Waals surface area (Å²) >= 11 is 6.16. The van der Waals surface area contributed by atoms with Crippen LogP contribution in [0.25, 0.3) is 22.0 Å². The zero-order chi connectivity index (χ0) is 42.8. The van der Waals surface area contributed by atoms with Gasteiger partial charge in [0.1, 0.15) is 28.8 Å². The smallest absolute Gasteiger partial charge is 0.274 e. The number of nitrogens with zero attached hydrogens (tertiary/aromatic N) is 6. The molecule has 1 saturated carbocycles. The molecule has 4 heterocycles. The summed E-state index contributed by atoms with van der Waals surface area (Å²) in [4.78, 5) is 33.5. The second-order valence-electron chi connectivity index (χ2n) is 16.5. The number of aromatic nitrogens is 4. The first kappa shape index (κ1) is 41.4. The standard InChI is InChI=1S/C47H49ClN8O5/c1-47(2,59)30-6-17-42(38(25-30)39-28-54(3)46(58)44-37(39)19-22-50-44)61-35-14-9-32(10-15-35)55(4)33-20-23-56(24-21-33)43-18-16-41(52-53-43)45(57)51-31-7-12-34(13-8-31)60-36-11-5-29(27-49)40(48)26-36/h5-6,9-11,14-19,22,25-26,28,31,33-34,50,59H,7-8,12-13,20-21,23-24H2,1-4H3,(H,51,57)/t31-,34-. The molecule has 6 aromatic rings. The lowest BCUT2D eigenvalue weighted by atomic mass is 9.93. The fourth-order valence-electron chi connectivity index (χ4n) is 8.31. The number of ether oxygens (including phenoxy) is 2. The molecule has 1 saturated heterocycles. The molecule has 2 aliphatic rings. The highest BCUT2D eigenvalue weighted by Crippen LogP contribution is 2.39. The summed E-state index contributed by atoms with van der Waals surface area (Å²) in [7, 11) is 3.84. The maximum absolute atomic E-state index is 13.1. The van der Waals surface area contributed by atoms with Crippen molar-refractivity contribution in [1.29, 1.82) is 5.26 Å². The van der Waals surface area contributed by atoms with Crippen molar-refractivity contribution < 1.29 is 19.4 Å². The van der Waals surface area contributed by atoms with Crippen LogP contribution in [-0.2, 0) is 12.6 Å². The van der Waals surface area contributed by atoms with Crippen LogP contribution in [0.3, 0.4) is 0 Å². The molecule has 8 rings (SSSR count). The normalized spacial score (nSPS) is 17.2. The molecule has 1 amide bonds. The molecule has 0 bridgehead atoms. The second-order valence-corrected chi connectivity index (χ2v) is 16.9. The van der Waals surface area contributed by atoms with E-state index in [1.807, 2.05) is 48.7 Å². The van der Waals surface area contributed by atoms with Gasteiger partial charge >= 0.3 is 0 Å². The molecule has 1 aliphatic heterocycles. The van der Waals surface area contributed by atoms with E-state index in [0.717, 1.165) is 85.2 Å². The number of aromatic amines is 1. The van der Waals surface area contributed by atoms with Crippen molar-refractivity contribution in [3.05, 3.63) is 123 Å². The number of benzene rings is 3. The number of carbonyl (C=O) groups excluding carboxylic acids is 1. The zero-order valence-electron chi connectivity index (χ0n) is 34.7. The summed E-state index contributed by atoms with van der Waals surface area (Å²) < 4.78 is 14.2. The first-order valence-electron chi connectivity index (χ1n) is 20.6. The van der Waals surface area contributed by atoms with Gasteiger partial charge in [-0.15, -0.1) is 10.2 Å². The van der Waals surface area contributed by atoms with Crippen molar-refractivity contribution in [1.82, 2.24) is 25.1 Å². The number of aliphatic hydroxyl groups is 1. The molecule has 61 heavy (non-hydrogen) atoms. The van der Waals surface area contributed by atoms with Crippen LogP contribution in [0.5, 0.6) is 17.2 Å². The van der Waals surface area contributed by atoms with Gasteiger partial charge in [-0.3, -0.25) is 9.59 Å². The highest BCUT2D eigenvalue weighted by atomic mass is 35.5. The van der Waals surface area contributed by atoms with Gasteiger partial charge in [-0.1, -0.05) is 17.7 Å². The van der Waals surface area contributed by atoms with Gasteiger partial charge in [0, 0.05) is 79.9 Å². The van der Waals surface area contributed by atoms with Crippen LogP contribution >= 0.6 is 11.6 Å². The van der Waals surface area contributed by atoms with Gasteiger partial charge in [0.25, 0.3) is 11.5 Å². The topological polar surface area (TPSA) is 162 Å². The highest BCUT2D eigenvalue weighted by Gasteiger charge is 2.27. The minimum atomic E-state index is -1.07. The molecule has 13 nitrogen and oxygen atoms in total. The van der Waals surface area contributed by atoms with Crippen LogP contribution in [-0.4, -0.2) is 69.1 Å². The Labute approximate surface area is 359 Å². The van der Waals surface area contributed by atoms with Gasteiger partial charge in [0.2, 0.25) is 0 Å². The number of nitriles is 1. The van der Waals surface area contributed by atoms with E-state index in [2.05, 4.69) is 55.5 Å². The van der Waals surface area contributed by atoms with Gasteiger partial charge in [0.05, 0.1) is 22.3 Å². The molecule has 0 radical (unpaired) electrons. The Morgan fingerprint density at radius 2 is 1.69 bits per heavy atom. The van der Waals surface area contributed by atoms with E-state index in [4.69, 9.17) is 26.3 Å². The van der Waals surface area contributed by atoms with Gasteiger partial charge in [-0.05, 0) is 125 Å². The number of nitrogens with one attached hydrogen (secondary N) is 2. The van der Waals surface area contributed by atoms with Crippen LogP contribution in [0.2, 0.25) is 5.02 Å². The first-order chi connectivity index (χ1) is 29.3. The SMILES string of the molecule is CN(c1ccc(Oc2ccc(C(C)(C)O)cc2-c2cn(C)c(=O)c3[nH]ccc23)cc1)C1CCN(c2ccc(C(=O)N[C@H]3CC[C@H](Oc4ccc(C#N)c(Cl)c4)CC3)nn2)CC1. The van der Waals surface area contributed by atoms with E-state index in [-0.39, 0.29) is 23.6 Å². The van der Waals surface area contributed by atoms with Crippen molar-refractivity contribution in [2.75, 3.05) is 29.9 Å². The summed E-state index contributed by atoms with van der Waals surface area (Å²) in [5.74, 6) is 2.44. The van der Waals surface area contributed by atoms with Crippen molar-refractivity contribution in [2.45, 2.75) is 76.2 Å². The lowest BCUT2D eigenvalue weighted by molar-refractivity contribution is 0.0786. The summed E-state index contributed by atoms with van der Waals surface area (Å²) in [6.07, 6.45) is 8.58. The number of H-pyrrole nitrogens is 1. The summed E-state index contributed by atoms with van der Waals surface area (Å²) in [5.41, 5.74) is 3.42. The minimum absolute atomic E-state index is 0.0174. The molecule has 2 fully saturated rings.